The monoisotopic (exact) mass is 344 g/mol. The summed E-state index contributed by atoms with van der Waals surface area (Å²) in [5.41, 5.74) is 3.16. The Morgan fingerprint density at radius 3 is 2.86 bits per heavy atom. The molecule has 0 saturated heterocycles. The van der Waals surface area contributed by atoms with Gasteiger partial charge in [0.2, 0.25) is 0 Å². The molecular weight excluding hydrogens is 328 g/mol. The summed E-state index contributed by atoms with van der Waals surface area (Å²) in [5, 5.41) is 8.84. The summed E-state index contributed by atoms with van der Waals surface area (Å²) >= 11 is 3.49. The molecule has 0 spiro atoms. The molecule has 4 nitrogen and oxygen atoms in total. The lowest BCUT2D eigenvalue weighted by Gasteiger charge is -2.08. The molecule has 0 fully saturated rings. The van der Waals surface area contributed by atoms with E-state index in [1.165, 1.54) is 5.56 Å². The highest BCUT2D eigenvalue weighted by Crippen LogP contribution is 2.20. The Labute approximate surface area is 132 Å². The van der Waals surface area contributed by atoms with Crippen LogP contribution in [0.2, 0.25) is 0 Å². The Morgan fingerprint density at radius 1 is 1.24 bits per heavy atom. The van der Waals surface area contributed by atoms with Gasteiger partial charge >= 0.3 is 0 Å². The number of hydrogen-bond donors (Lipinski definition) is 1. The van der Waals surface area contributed by atoms with Gasteiger partial charge in [0.25, 0.3) is 0 Å². The van der Waals surface area contributed by atoms with Gasteiger partial charge in [0, 0.05) is 22.4 Å². The predicted octanol–water partition coefficient (Wildman–Crippen LogP) is 4.39. The molecule has 3 rings (SSSR count). The maximum Gasteiger partial charge on any atom is 0.158 e. The number of anilines is 1. The van der Waals surface area contributed by atoms with Crippen LogP contribution in [0.5, 0.6) is 0 Å². The molecule has 0 unspecified atom stereocenters. The van der Waals surface area contributed by atoms with E-state index < -0.39 is 0 Å². The Bertz CT molecular complexity index is 764. The summed E-state index contributed by atoms with van der Waals surface area (Å²) in [7, 11) is 0. The molecule has 21 heavy (non-hydrogen) atoms. The molecule has 0 aliphatic carbocycles. The molecule has 1 N–H and O–H groups in total. The molecule has 0 aliphatic rings. The minimum absolute atomic E-state index is 0.315. The van der Waals surface area contributed by atoms with Crippen LogP contribution in [-0.2, 0) is 6.54 Å². The van der Waals surface area contributed by atoms with E-state index >= 15 is 0 Å². The normalized spacial score (nSPS) is 11.2. The van der Waals surface area contributed by atoms with Gasteiger partial charge < -0.3 is 5.32 Å². The van der Waals surface area contributed by atoms with E-state index in [1.54, 1.807) is 0 Å². The molecule has 2 aromatic heterocycles. The zero-order valence-corrected chi connectivity index (χ0v) is 13.6. The van der Waals surface area contributed by atoms with Crippen LogP contribution >= 0.6 is 15.9 Å². The van der Waals surface area contributed by atoms with Gasteiger partial charge in [-0.3, -0.25) is 0 Å². The number of fused-ring (bicyclic) bond motifs is 1. The maximum atomic E-state index is 4.52. The Balaban J connectivity index is 1.79. The average molecular weight is 345 g/mol. The molecule has 2 heterocycles. The SMILES string of the molecule is CC(C)n1ncc2cc(NCc3cccc(Br)c3)cnc21. The van der Waals surface area contributed by atoms with Crippen LogP contribution in [0.1, 0.15) is 25.5 Å². The number of benzene rings is 1. The number of aromatic nitrogens is 3. The summed E-state index contributed by atoms with van der Waals surface area (Å²) in [6.07, 6.45) is 3.73. The fraction of sp³-hybridized carbons (Fsp3) is 0.250. The number of nitrogens with zero attached hydrogens (tertiary/aromatic N) is 3. The number of rotatable bonds is 4. The van der Waals surface area contributed by atoms with Gasteiger partial charge in [-0.05, 0) is 37.6 Å². The van der Waals surface area contributed by atoms with Crippen molar-refractivity contribution in [1.29, 1.82) is 0 Å². The van der Waals surface area contributed by atoms with Gasteiger partial charge in [-0.25, -0.2) is 9.67 Å². The van der Waals surface area contributed by atoms with Crippen molar-refractivity contribution >= 4 is 32.7 Å². The van der Waals surface area contributed by atoms with Crippen molar-refractivity contribution in [1.82, 2.24) is 14.8 Å². The molecular formula is C16H17BrN4. The van der Waals surface area contributed by atoms with Crippen molar-refractivity contribution < 1.29 is 0 Å². The van der Waals surface area contributed by atoms with E-state index in [2.05, 4.69) is 63.4 Å². The van der Waals surface area contributed by atoms with Gasteiger partial charge in [0.05, 0.1) is 18.1 Å². The molecule has 0 aliphatic heterocycles. The van der Waals surface area contributed by atoms with E-state index in [4.69, 9.17) is 0 Å². The molecule has 0 atom stereocenters. The van der Waals surface area contributed by atoms with E-state index in [9.17, 15) is 0 Å². The zero-order chi connectivity index (χ0) is 14.8. The van der Waals surface area contributed by atoms with Gasteiger partial charge in [-0.1, -0.05) is 28.1 Å². The van der Waals surface area contributed by atoms with Crippen LogP contribution in [0.4, 0.5) is 5.69 Å². The molecule has 108 valence electrons. The molecule has 3 aromatic rings. The lowest BCUT2D eigenvalue weighted by atomic mass is 10.2. The van der Waals surface area contributed by atoms with E-state index in [0.29, 0.717) is 6.04 Å². The Kier molecular flexibility index (Phi) is 3.92. The molecule has 0 radical (unpaired) electrons. The van der Waals surface area contributed by atoms with Crippen LogP contribution in [0.25, 0.3) is 11.0 Å². The number of pyridine rings is 1. The second kappa shape index (κ2) is 5.85. The van der Waals surface area contributed by atoms with E-state index in [0.717, 1.165) is 27.7 Å². The largest absolute Gasteiger partial charge is 0.380 e. The predicted molar refractivity (Wildman–Crippen MR) is 89.4 cm³/mol. The first-order chi connectivity index (χ1) is 10.1. The number of hydrogen-bond acceptors (Lipinski definition) is 3. The van der Waals surface area contributed by atoms with Crippen LogP contribution in [0.3, 0.4) is 0 Å². The molecule has 0 saturated carbocycles. The van der Waals surface area contributed by atoms with Gasteiger partial charge in [-0.15, -0.1) is 0 Å². The molecule has 0 amide bonds. The first-order valence-electron chi connectivity index (χ1n) is 6.95. The van der Waals surface area contributed by atoms with Crippen LogP contribution in [0.15, 0.2) is 47.2 Å². The Morgan fingerprint density at radius 2 is 2.10 bits per heavy atom. The maximum absolute atomic E-state index is 4.52. The number of halogens is 1. The minimum Gasteiger partial charge on any atom is -0.380 e. The summed E-state index contributed by atoms with van der Waals surface area (Å²) < 4.78 is 3.03. The third-order valence-electron chi connectivity index (χ3n) is 3.31. The van der Waals surface area contributed by atoms with Gasteiger partial charge in [-0.2, -0.15) is 5.10 Å². The van der Waals surface area contributed by atoms with E-state index in [1.807, 2.05) is 29.2 Å². The second-order valence-corrected chi connectivity index (χ2v) is 6.22. The highest BCUT2D eigenvalue weighted by atomic mass is 79.9. The second-order valence-electron chi connectivity index (χ2n) is 5.30. The van der Waals surface area contributed by atoms with Gasteiger partial charge in [0.1, 0.15) is 0 Å². The minimum atomic E-state index is 0.315. The van der Waals surface area contributed by atoms with Crippen LogP contribution < -0.4 is 5.32 Å². The molecule has 0 bridgehead atoms. The van der Waals surface area contributed by atoms with Crippen molar-refractivity contribution in [2.75, 3.05) is 5.32 Å². The van der Waals surface area contributed by atoms with Crippen LogP contribution in [0, 0.1) is 0 Å². The smallest absolute Gasteiger partial charge is 0.158 e. The number of nitrogens with one attached hydrogen (secondary N) is 1. The summed E-state index contributed by atoms with van der Waals surface area (Å²) in [4.78, 5) is 4.52. The molecule has 5 heteroatoms. The van der Waals surface area contributed by atoms with Crippen molar-refractivity contribution in [2.24, 2.45) is 0 Å². The first kappa shape index (κ1) is 14.1. The summed E-state index contributed by atoms with van der Waals surface area (Å²) in [6, 6.07) is 10.7. The Hall–Kier alpha value is -1.88. The topological polar surface area (TPSA) is 42.7 Å². The van der Waals surface area contributed by atoms with Crippen molar-refractivity contribution in [3.63, 3.8) is 0 Å². The van der Waals surface area contributed by atoms with Crippen molar-refractivity contribution in [3.8, 4) is 0 Å². The first-order valence-corrected chi connectivity index (χ1v) is 7.74. The third-order valence-corrected chi connectivity index (χ3v) is 3.80. The zero-order valence-electron chi connectivity index (χ0n) is 12.0. The van der Waals surface area contributed by atoms with E-state index in [-0.39, 0.29) is 0 Å². The quantitative estimate of drug-likeness (QED) is 0.763. The molecule has 1 aromatic carbocycles. The average Bonchev–Trinajstić information content (AvgIpc) is 2.88. The third kappa shape index (κ3) is 3.08. The van der Waals surface area contributed by atoms with Crippen LogP contribution in [-0.4, -0.2) is 14.8 Å². The van der Waals surface area contributed by atoms with Gasteiger partial charge in [0.15, 0.2) is 5.65 Å². The fourth-order valence-electron chi connectivity index (χ4n) is 2.27. The lowest BCUT2D eigenvalue weighted by molar-refractivity contribution is 0.546. The van der Waals surface area contributed by atoms with Crippen molar-refractivity contribution in [2.45, 2.75) is 26.4 Å². The highest BCUT2D eigenvalue weighted by Gasteiger charge is 2.07. The standard InChI is InChI=1S/C16H17BrN4/c1-11(2)21-16-13(9-20-21)7-15(10-19-16)18-8-12-4-3-5-14(17)6-12/h3-7,9-11,18H,8H2,1-2H3. The fourth-order valence-corrected chi connectivity index (χ4v) is 2.71. The summed E-state index contributed by atoms with van der Waals surface area (Å²) in [6.45, 7) is 4.98. The highest BCUT2D eigenvalue weighted by molar-refractivity contribution is 9.10. The summed E-state index contributed by atoms with van der Waals surface area (Å²) in [5.74, 6) is 0. The lowest BCUT2D eigenvalue weighted by Crippen LogP contribution is -2.04. The van der Waals surface area contributed by atoms with Crippen molar-refractivity contribution in [3.05, 3.63) is 52.8 Å².